The summed E-state index contributed by atoms with van der Waals surface area (Å²) in [6.45, 7) is 0. The van der Waals surface area contributed by atoms with E-state index in [-0.39, 0.29) is 20.5 Å². The van der Waals surface area contributed by atoms with Gasteiger partial charge in [-0.3, -0.25) is 4.68 Å². The molecule has 138 valence electrons. The molecule has 5 nitrogen and oxygen atoms in total. The number of aromatic nitrogens is 2. The highest BCUT2D eigenvalue weighted by molar-refractivity contribution is 7.89. The number of benzene rings is 1. The second-order valence-electron chi connectivity index (χ2n) is 5.15. The molecule has 11 heteroatoms. The summed E-state index contributed by atoms with van der Waals surface area (Å²) in [5, 5.41) is 4.21. The van der Waals surface area contributed by atoms with Gasteiger partial charge in [-0.15, -0.1) is 11.3 Å². The zero-order valence-corrected chi connectivity index (χ0v) is 15.4. The van der Waals surface area contributed by atoms with Crippen LogP contribution in [-0.4, -0.2) is 18.2 Å². The van der Waals surface area contributed by atoms with E-state index in [4.69, 9.17) is 15.8 Å². The summed E-state index contributed by atoms with van der Waals surface area (Å²) >= 11 is 6.49. The van der Waals surface area contributed by atoms with Gasteiger partial charge in [-0.2, -0.15) is 26.7 Å². The summed E-state index contributed by atoms with van der Waals surface area (Å²) in [5.74, 6) is 0.0709. The molecule has 3 rings (SSSR count). The van der Waals surface area contributed by atoms with Gasteiger partial charge >= 0.3 is 16.3 Å². The number of thiophene rings is 1. The molecule has 0 aliphatic rings. The second-order valence-corrected chi connectivity index (χ2v) is 8.44. The summed E-state index contributed by atoms with van der Waals surface area (Å²) in [6, 6.07) is 9.23. The Balaban J connectivity index is 1.88. The molecule has 26 heavy (non-hydrogen) atoms. The van der Waals surface area contributed by atoms with E-state index in [0.29, 0.717) is 9.70 Å². The lowest BCUT2D eigenvalue weighted by atomic mass is 10.3. The Morgan fingerprint density at radius 2 is 1.81 bits per heavy atom. The Morgan fingerprint density at radius 3 is 2.38 bits per heavy atom. The molecule has 1 aromatic carbocycles. The standard InChI is InChI=1S/C15H10ClF3N2O3S2/c1-21-13(15(17,18)19)8-11(20-21)12-6-7-14(25-12)26(22,23)24-10-4-2-9(16)3-5-10/h2-8H,1H3. The first-order valence-corrected chi connectivity index (χ1v) is 9.58. The van der Waals surface area contributed by atoms with E-state index in [1.807, 2.05) is 0 Å². The van der Waals surface area contributed by atoms with Gasteiger partial charge in [0.15, 0.2) is 4.21 Å². The van der Waals surface area contributed by atoms with Gasteiger partial charge < -0.3 is 4.18 Å². The normalized spacial score (nSPS) is 12.3. The average molecular weight is 423 g/mol. The van der Waals surface area contributed by atoms with Crippen molar-refractivity contribution in [1.82, 2.24) is 9.78 Å². The molecule has 0 radical (unpaired) electrons. The molecule has 0 saturated carbocycles. The zero-order valence-electron chi connectivity index (χ0n) is 13.0. The maximum atomic E-state index is 12.9. The van der Waals surface area contributed by atoms with E-state index in [1.54, 1.807) is 0 Å². The largest absolute Gasteiger partial charge is 0.433 e. The fraction of sp³-hybridized carbons (Fsp3) is 0.133. The maximum Gasteiger partial charge on any atom is 0.433 e. The van der Waals surface area contributed by atoms with E-state index in [0.717, 1.165) is 17.4 Å². The highest BCUT2D eigenvalue weighted by Gasteiger charge is 2.35. The lowest BCUT2D eigenvalue weighted by Crippen LogP contribution is -2.11. The van der Waals surface area contributed by atoms with Crippen LogP contribution in [0.2, 0.25) is 5.02 Å². The van der Waals surface area contributed by atoms with E-state index in [1.165, 1.54) is 43.4 Å². The number of alkyl halides is 3. The van der Waals surface area contributed by atoms with Crippen molar-refractivity contribution >= 4 is 33.1 Å². The van der Waals surface area contributed by atoms with Crippen LogP contribution in [0.25, 0.3) is 10.6 Å². The number of hydrogen-bond acceptors (Lipinski definition) is 5. The van der Waals surface area contributed by atoms with Crippen molar-refractivity contribution in [2.45, 2.75) is 10.4 Å². The third kappa shape index (κ3) is 3.87. The quantitative estimate of drug-likeness (QED) is 0.577. The molecule has 0 bridgehead atoms. The number of nitrogens with zero attached hydrogens (tertiary/aromatic N) is 2. The molecule has 2 aromatic heterocycles. The van der Waals surface area contributed by atoms with Crippen molar-refractivity contribution in [2.24, 2.45) is 7.05 Å². The van der Waals surface area contributed by atoms with Crippen LogP contribution in [0, 0.1) is 0 Å². The Hall–Kier alpha value is -2.04. The molecule has 0 fully saturated rings. The molecule has 3 aromatic rings. The zero-order chi connectivity index (χ0) is 19.1. The van der Waals surface area contributed by atoms with Gasteiger partial charge in [0.2, 0.25) is 0 Å². The summed E-state index contributed by atoms with van der Waals surface area (Å²) in [5.41, 5.74) is -0.902. The Morgan fingerprint density at radius 1 is 1.15 bits per heavy atom. The van der Waals surface area contributed by atoms with Gasteiger partial charge in [-0.1, -0.05) is 11.6 Å². The Bertz CT molecular complexity index is 1040. The first-order valence-electron chi connectivity index (χ1n) is 6.98. The van der Waals surface area contributed by atoms with Crippen LogP contribution in [0.3, 0.4) is 0 Å². The first kappa shape index (κ1) is 18.7. The van der Waals surface area contributed by atoms with Crippen LogP contribution in [-0.2, 0) is 23.3 Å². The van der Waals surface area contributed by atoms with Gasteiger partial charge in [-0.25, -0.2) is 0 Å². The molecule has 0 N–H and O–H groups in total. The SMILES string of the molecule is Cn1nc(-c2ccc(S(=O)(=O)Oc3ccc(Cl)cc3)s2)cc1C(F)(F)F. The summed E-state index contributed by atoms with van der Waals surface area (Å²) in [6.07, 6.45) is -4.55. The molecular formula is C15H10ClF3N2O3S2. The molecular weight excluding hydrogens is 413 g/mol. The van der Waals surface area contributed by atoms with Crippen LogP contribution < -0.4 is 4.18 Å². The minimum absolute atomic E-state index is 0.0257. The van der Waals surface area contributed by atoms with Crippen LogP contribution in [0.5, 0.6) is 5.75 Å². The average Bonchev–Trinajstić information content (AvgIpc) is 3.15. The predicted molar refractivity (Wildman–Crippen MR) is 90.8 cm³/mol. The van der Waals surface area contributed by atoms with Crippen LogP contribution >= 0.6 is 22.9 Å². The summed E-state index contributed by atoms with van der Waals surface area (Å²) < 4.78 is 68.7. The third-order valence-electron chi connectivity index (χ3n) is 3.27. The van der Waals surface area contributed by atoms with Gasteiger partial charge in [-0.05, 0) is 42.5 Å². The highest BCUT2D eigenvalue weighted by atomic mass is 35.5. The van der Waals surface area contributed by atoms with Crippen molar-refractivity contribution in [1.29, 1.82) is 0 Å². The predicted octanol–water partition coefficient (Wildman–Crippen LogP) is 4.59. The minimum Gasteiger partial charge on any atom is -0.378 e. The van der Waals surface area contributed by atoms with E-state index in [2.05, 4.69) is 5.10 Å². The lowest BCUT2D eigenvalue weighted by Gasteiger charge is -2.04. The van der Waals surface area contributed by atoms with E-state index in [9.17, 15) is 21.6 Å². The molecule has 0 unspecified atom stereocenters. The molecule has 0 amide bonds. The van der Waals surface area contributed by atoms with Crippen LogP contribution in [0.15, 0.2) is 46.7 Å². The monoisotopic (exact) mass is 422 g/mol. The van der Waals surface area contributed by atoms with Crippen molar-refractivity contribution in [3.8, 4) is 16.3 Å². The molecule has 0 aliphatic heterocycles. The highest BCUT2D eigenvalue weighted by Crippen LogP contribution is 2.35. The van der Waals surface area contributed by atoms with E-state index >= 15 is 0 Å². The van der Waals surface area contributed by atoms with E-state index < -0.39 is 22.0 Å². The lowest BCUT2D eigenvalue weighted by molar-refractivity contribution is -0.143. The number of aryl methyl sites for hydroxylation is 1. The summed E-state index contributed by atoms with van der Waals surface area (Å²) in [4.78, 5) is 0.273. The maximum absolute atomic E-state index is 12.9. The summed E-state index contributed by atoms with van der Waals surface area (Å²) in [7, 11) is -2.96. The number of hydrogen-bond donors (Lipinski definition) is 0. The third-order valence-corrected chi connectivity index (χ3v) is 6.33. The molecule has 0 spiro atoms. The van der Waals surface area contributed by atoms with Crippen molar-refractivity contribution in [3.05, 3.63) is 53.2 Å². The smallest absolute Gasteiger partial charge is 0.378 e. The number of halogens is 4. The molecule has 0 atom stereocenters. The van der Waals surface area contributed by atoms with Gasteiger partial charge in [0.1, 0.15) is 17.1 Å². The van der Waals surface area contributed by atoms with Gasteiger partial charge in [0.25, 0.3) is 0 Å². The van der Waals surface area contributed by atoms with Crippen molar-refractivity contribution in [2.75, 3.05) is 0 Å². The Labute approximate surface area is 155 Å². The van der Waals surface area contributed by atoms with Crippen LogP contribution in [0.1, 0.15) is 5.69 Å². The fourth-order valence-corrected chi connectivity index (χ4v) is 4.38. The molecule has 0 saturated heterocycles. The van der Waals surface area contributed by atoms with Crippen molar-refractivity contribution < 1.29 is 25.8 Å². The molecule has 0 aliphatic carbocycles. The Kier molecular flexibility index (Phi) is 4.76. The van der Waals surface area contributed by atoms with Gasteiger partial charge in [0.05, 0.1) is 4.88 Å². The minimum atomic E-state index is -4.55. The first-order chi connectivity index (χ1) is 12.1. The second kappa shape index (κ2) is 6.60. The fourth-order valence-electron chi connectivity index (χ4n) is 2.10. The van der Waals surface area contributed by atoms with Crippen LogP contribution in [0.4, 0.5) is 13.2 Å². The van der Waals surface area contributed by atoms with Gasteiger partial charge in [0, 0.05) is 12.1 Å². The number of rotatable bonds is 4. The van der Waals surface area contributed by atoms with Crippen molar-refractivity contribution in [3.63, 3.8) is 0 Å². The molecule has 2 heterocycles. The topological polar surface area (TPSA) is 61.2 Å².